The van der Waals surface area contributed by atoms with Gasteiger partial charge in [-0.15, -0.1) is 0 Å². The first-order valence-electron chi connectivity index (χ1n) is 10.8. The second kappa shape index (κ2) is 6.79. The first-order chi connectivity index (χ1) is 14.3. The first-order valence-corrected chi connectivity index (χ1v) is 10.8. The molecule has 1 aliphatic carbocycles. The van der Waals surface area contributed by atoms with E-state index in [0.29, 0.717) is 5.92 Å². The maximum Gasteiger partial charge on any atom is 0.158 e. The highest BCUT2D eigenvalue weighted by Gasteiger charge is 2.30. The lowest BCUT2D eigenvalue weighted by Gasteiger charge is -2.31. The van der Waals surface area contributed by atoms with Crippen molar-refractivity contribution in [3.8, 4) is 0 Å². The van der Waals surface area contributed by atoms with Crippen molar-refractivity contribution >= 4 is 11.3 Å². The minimum absolute atomic E-state index is 0.327. The molecule has 0 unspecified atom stereocenters. The van der Waals surface area contributed by atoms with Crippen molar-refractivity contribution < 1.29 is 4.74 Å². The molecule has 8 nitrogen and oxygen atoms in total. The van der Waals surface area contributed by atoms with Gasteiger partial charge in [0.25, 0.3) is 0 Å². The number of fused-ring (bicyclic) bond motifs is 2. The Morgan fingerprint density at radius 2 is 2.14 bits per heavy atom. The summed E-state index contributed by atoms with van der Waals surface area (Å²) in [6.45, 7) is 6.43. The van der Waals surface area contributed by atoms with Gasteiger partial charge in [-0.3, -0.25) is 0 Å². The summed E-state index contributed by atoms with van der Waals surface area (Å²) in [7, 11) is 0. The molecule has 0 N–H and O–H groups in total. The normalized spacial score (nSPS) is 22.2. The zero-order chi connectivity index (χ0) is 19.4. The van der Waals surface area contributed by atoms with E-state index in [4.69, 9.17) is 19.7 Å². The number of hydrogen-bond acceptors (Lipinski definition) is 6. The standard InChI is InChI=1S/C21H27N7O/c1-14-25-19(16-6-8-29-11-16)20-21(22-12-24-28(14)20)26-7-5-17-18(10-26)27(13-23-17)9-15-3-2-4-15/h12-13,15-16H,2-11H2,1H3/t16-/m1/s1. The summed E-state index contributed by atoms with van der Waals surface area (Å²) in [4.78, 5) is 16.7. The number of nitrogens with zero attached hydrogens (tertiary/aromatic N) is 7. The molecule has 0 spiro atoms. The van der Waals surface area contributed by atoms with E-state index in [-0.39, 0.29) is 0 Å². The molecular formula is C21H27N7O. The lowest BCUT2D eigenvalue weighted by atomic mass is 9.85. The SMILES string of the molecule is Cc1nc([C@@H]2CCOC2)c2c(N3CCc4ncn(CC5CCC5)c4C3)ncnn12. The van der Waals surface area contributed by atoms with Crippen LogP contribution in [-0.4, -0.2) is 48.9 Å². The smallest absolute Gasteiger partial charge is 0.158 e. The second-order valence-corrected chi connectivity index (χ2v) is 8.71. The van der Waals surface area contributed by atoms with Crippen LogP contribution >= 0.6 is 0 Å². The van der Waals surface area contributed by atoms with Gasteiger partial charge in [0.1, 0.15) is 17.7 Å². The maximum atomic E-state index is 5.64. The van der Waals surface area contributed by atoms with Crippen LogP contribution in [0, 0.1) is 12.8 Å². The van der Waals surface area contributed by atoms with Crippen molar-refractivity contribution in [2.24, 2.45) is 5.92 Å². The molecule has 152 valence electrons. The zero-order valence-electron chi connectivity index (χ0n) is 16.9. The van der Waals surface area contributed by atoms with Crippen LogP contribution in [0.2, 0.25) is 0 Å². The van der Waals surface area contributed by atoms with Crippen LogP contribution in [0.1, 0.15) is 54.5 Å². The van der Waals surface area contributed by atoms with Crippen molar-refractivity contribution in [1.82, 2.24) is 29.1 Å². The summed E-state index contributed by atoms with van der Waals surface area (Å²) < 4.78 is 9.99. The molecule has 1 saturated carbocycles. The Hall–Kier alpha value is -2.48. The number of imidazole rings is 2. The Morgan fingerprint density at radius 3 is 2.93 bits per heavy atom. The van der Waals surface area contributed by atoms with Gasteiger partial charge in [-0.05, 0) is 32.1 Å². The number of ether oxygens (including phenoxy) is 1. The van der Waals surface area contributed by atoms with Crippen LogP contribution in [0.3, 0.4) is 0 Å². The van der Waals surface area contributed by atoms with Crippen LogP contribution in [0.25, 0.3) is 5.52 Å². The van der Waals surface area contributed by atoms with Crippen LogP contribution in [-0.2, 0) is 24.2 Å². The van der Waals surface area contributed by atoms with E-state index in [1.165, 1.54) is 30.7 Å². The van der Waals surface area contributed by atoms with Crippen molar-refractivity contribution in [3.63, 3.8) is 0 Å². The summed E-state index contributed by atoms with van der Waals surface area (Å²) in [5.74, 6) is 3.05. The fourth-order valence-corrected chi connectivity index (χ4v) is 4.99. The lowest BCUT2D eigenvalue weighted by molar-refractivity contribution is 0.193. The van der Waals surface area contributed by atoms with Gasteiger partial charge in [0.15, 0.2) is 5.82 Å². The molecule has 29 heavy (non-hydrogen) atoms. The highest BCUT2D eigenvalue weighted by molar-refractivity contribution is 5.73. The Kier molecular flexibility index (Phi) is 4.07. The molecule has 0 aromatic carbocycles. The van der Waals surface area contributed by atoms with Crippen LogP contribution in [0.4, 0.5) is 5.82 Å². The fraction of sp³-hybridized carbons (Fsp3) is 0.619. The summed E-state index contributed by atoms with van der Waals surface area (Å²) in [5.41, 5.74) is 4.74. The minimum Gasteiger partial charge on any atom is -0.381 e. The predicted octanol–water partition coefficient (Wildman–Crippen LogP) is 2.50. The van der Waals surface area contributed by atoms with E-state index in [9.17, 15) is 0 Å². The van der Waals surface area contributed by atoms with E-state index >= 15 is 0 Å². The third kappa shape index (κ3) is 2.84. The molecule has 2 fully saturated rings. The first kappa shape index (κ1) is 17.4. The van der Waals surface area contributed by atoms with Crippen LogP contribution < -0.4 is 4.90 Å². The fourth-order valence-electron chi connectivity index (χ4n) is 4.99. The van der Waals surface area contributed by atoms with E-state index in [1.807, 2.05) is 17.8 Å². The largest absolute Gasteiger partial charge is 0.381 e. The Bertz CT molecular complexity index is 1040. The second-order valence-electron chi connectivity index (χ2n) is 8.71. The number of aromatic nitrogens is 6. The van der Waals surface area contributed by atoms with Gasteiger partial charge in [-0.1, -0.05) is 6.42 Å². The molecule has 1 atom stereocenters. The van der Waals surface area contributed by atoms with E-state index in [1.54, 1.807) is 6.33 Å². The molecule has 5 heterocycles. The Balaban J connectivity index is 1.38. The molecule has 6 rings (SSSR count). The molecule has 0 amide bonds. The van der Waals surface area contributed by atoms with Crippen LogP contribution in [0.5, 0.6) is 0 Å². The molecule has 0 bridgehead atoms. The van der Waals surface area contributed by atoms with Gasteiger partial charge >= 0.3 is 0 Å². The van der Waals surface area contributed by atoms with Gasteiger partial charge < -0.3 is 14.2 Å². The maximum absolute atomic E-state index is 5.64. The summed E-state index contributed by atoms with van der Waals surface area (Å²) >= 11 is 0. The molecule has 1 saturated heterocycles. The molecule has 8 heteroatoms. The van der Waals surface area contributed by atoms with Gasteiger partial charge in [0.2, 0.25) is 0 Å². The van der Waals surface area contributed by atoms with Crippen LogP contribution in [0.15, 0.2) is 12.7 Å². The van der Waals surface area contributed by atoms with E-state index in [0.717, 1.165) is 74.5 Å². The number of hydrogen-bond donors (Lipinski definition) is 0. The lowest BCUT2D eigenvalue weighted by Crippen LogP contribution is -2.33. The number of aryl methyl sites for hydroxylation is 1. The van der Waals surface area contributed by atoms with Crippen molar-refractivity contribution in [2.45, 2.75) is 58.0 Å². The third-order valence-electron chi connectivity index (χ3n) is 6.89. The summed E-state index contributed by atoms with van der Waals surface area (Å²) in [6, 6.07) is 0. The van der Waals surface area contributed by atoms with Gasteiger partial charge in [0, 0.05) is 32.0 Å². The van der Waals surface area contributed by atoms with Gasteiger partial charge in [-0.25, -0.2) is 19.5 Å². The predicted molar refractivity (Wildman–Crippen MR) is 108 cm³/mol. The Morgan fingerprint density at radius 1 is 1.21 bits per heavy atom. The van der Waals surface area contributed by atoms with Gasteiger partial charge in [0.05, 0.1) is 36.6 Å². The molecular weight excluding hydrogens is 366 g/mol. The van der Waals surface area contributed by atoms with Gasteiger partial charge in [-0.2, -0.15) is 5.10 Å². The van der Waals surface area contributed by atoms with E-state index in [2.05, 4.69) is 14.6 Å². The average Bonchev–Trinajstić information content (AvgIpc) is 3.43. The molecule has 3 aromatic rings. The third-order valence-corrected chi connectivity index (χ3v) is 6.89. The highest BCUT2D eigenvalue weighted by Crippen LogP contribution is 2.34. The summed E-state index contributed by atoms with van der Waals surface area (Å²) in [6.07, 6.45) is 9.76. The zero-order valence-corrected chi connectivity index (χ0v) is 16.9. The monoisotopic (exact) mass is 393 g/mol. The molecule has 0 radical (unpaired) electrons. The molecule has 2 aliphatic heterocycles. The number of anilines is 1. The quantitative estimate of drug-likeness (QED) is 0.678. The summed E-state index contributed by atoms with van der Waals surface area (Å²) in [5, 5.41) is 4.50. The van der Waals surface area contributed by atoms with E-state index < -0.39 is 0 Å². The average molecular weight is 393 g/mol. The van der Waals surface area contributed by atoms with Crippen molar-refractivity contribution in [3.05, 3.63) is 35.6 Å². The molecule has 3 aliphatic rings. The topological polar surface area (TPSA) is 73.4 Å². The minimum atomic E-state index is 0.327. The molecule has 3 aromatic heterocycles. The van der Waals surface area contributed by atoms with Crippen molar-refractivity contribution in [1.29, 1.82) is 0 Å². The van der Waals surface area contributed by atoms with Crippen molar-refractivity contribution in [2.75, 3.05) is 24.7 Å². The highest BCUT2D eigenvalue weighted by atomic mass is 16.5. The Labute approximate surface area is 169 Å². The number of rotatable bonds is 4.